The summed E-state index contributed by atoms with van der Waals surface area (Å²) in [5.41, 5.74) is 4.15. The second-order valence-corrected chi connectivity index (χ2v) is 10.2. The molecule has 0 amide bonds. The minimum Gasteiger partial charge on any atom is -0.481 e. The summed E-state index contributed by atoms with van der Waals surface area (Å²) in [5, 5.41) is 19.7. The number of para-hydroxylation sites is 1. The quantitative estimate of drug-likeness (QED) is 0.109. The zero-order chi connectivity index (χ0) is 27.9. The summed E-state index contributed by atoms with van der Waals surface area (Å²) < 4.78 is 1.12. The van der Waals surface area contributed by atoms with Gasteiger partial charge in [-0.2, -0.15) is 0 Å². The molecule has 1 aromatic heterocycles. The number of H-pyrrole nitrogens is 2. The van der Waals surface area contributed by atoms with Crippen LogP contribution in [0.4, 0.5) is 11.4 Å². The Balaban J connectivity index is 1.85. The van der Waals surface area contributed by atoms with Crippen LogP contribution >= 0.6 is 33.4 Å². The van der Waals surface area contributed by atoms with E-state index in [0.717, 1.165) is 4.31 Å². The third-order valence-electron chi connectivity index (χ3n) is 6.46. The maximum Gasteiger partial charge on any atom is 0.327 e. The molecule has 1 aliphatic carbocycles. The van der Waals surface area contributed by atoms with Gasteiger partial charge in [0.15, 0.2) is 5.78 Å². The number of carbonyl (C=O) groups is 3. The Kier molecular flexibility index (Phi) is 7.33. The number of anilines is 2. The van der Waals surface area contributed by atoms with Crippen LogP contribution < -0.4 is 21.2 Å². The Morgan fingerprint density at radius 1 is 1.13 bits per heavy atom. The molecule has 6 N–H and O–H groups in total. The van der Waals surface area contributed by atoms with Gasteiger partial charge in [-0.15, -0.1) is 0 Å². The molecule has 0 fully saturated rings. The van der Waals surface area contributed by atoms with Crippen molar-refractivity contribution in [2.24, 2.45) is 0 Å². The number of benzene rings is 2. The first-order chi connectivity index (χ1) is 17.9. The molecule has 1 aliphatic rings. The van der Waals surface area contributed by atoms with Gasteiger partial charge in [-0.05, 0) is 47.4 Å². The highest BCUT2D eigenvalue weighted by Crippen LogP contribution is 2.51. The number of fused-ring (bicyclic) bond motifs is 3. The highest BCUT2D eigenvalue weighted by Gasteiger charge is 2.44. The number of nitrogens with one attached hydrogen (secondary N) is 2. The van der Waals surface area contributed by atoms with Crippen molar-refractivity contribution < 1.29 is 24.6 Å². The summed E-state index contributed by atoms with van der Waals surface area (Å²) >= 11 is 7.04. The molecule has 1 heterocycles. The van der Waals surface area contributed by atoms with Crippen LogP contribution in [0.2, 0.25) is 5.02 Å². The molecule has 2 aromatic carbocycles. The smallest absolute Gasteiger partial charge is 0.327 e. The standard InChI is InChI=1S/C24H20Cl2N4O7S/c1-24(9-18(32)33)12-7-15(13(25)6-11(12)19-20(24)29-22(35)21(34)28-19)30(38-26)16(23(36)37)8-17(31)10-4-2-3-5-14(10)27/h2-7,16H,8-9,27H2,1H3,(H,28,34)(H,29,35)(H,32,33)(H,36,37)/t16-,24?/m0/s1. The highest BCUT2D eigenvalue weighted by molar-refractivity contribution is 8.22. The lowest BCUT2D eigenvalue weighted by atomic mass is 9.79. The Bertz CT molecular complexity index is 1610. The molecule has 0 radical (unpaired) electrons. The van der Waals surface area contributed by atoms with Gasteiger partial charge in [-0.3, -0.25) is 23.5 Å². The number of rotatable bonds is 9. The number of nitrogens with zero attached hydrogens (tertiary/aromatic N) is 1. The number of Topliss-reactive ketones (excluding diaryl/α,β-unsaturated/α-hetero) is 1. The van der Waals surface area contributed by atoms with Crippen molar-refractivity contribution in [3.63, 3.8) is 0 Å². The first-order valence-electron chi connectivity index (χ1n) is 11.0. The fourth-order valence-corrected chi connectivity index (χ4v) is 5.96. The van der Waals surface area contributed by atoms with E-state index >= 15 is 0 Å². The SMILES string of the molecule is CC1(CC(=O)O)c2cc(N(SCl)[C@@H](CC(=O)c3ccccc3N)C(=O)O)c(Cl)cc2-c2[nH]c(=O)c(=O)[nH]c21. The van der Waals surface area contributed by atoms with Gasteiger partial charge in [0.1, 0.15) is 6.04 Å². The molecule has 11 nitrogen and oxygen atoms in total. The van der Waals surface area contributed by atoms with E-state index in [2.05, 4.69) is 9.97 Å². The van der Waals surface area contributed by atoms with Gasteiger partial charge in [-0.25, -0.2) is 4.79 Å². The van der Waals surface area contributed by atoms with Crippen molar-refractivity contribution in [1.29, 1.82) is 0 Å². The lowest BCUT2D eigenvalue weighted by Crippen LogP contribution is -2.38. The normalized spacial score (nSPS) is 16.4. The molecule has 1 unspecified atom stereocenters. The number of nitrogen functional groups attached to an aromatic ring is 1. The molecule has 0 spiro atoms. The minimum atomic E-state index is -1.49. The number of hydrogen-bond donors (Lipinski definition) is 5. The summed E-state index contributed by atoms with van der Waals surface area (Å²) in [6.07, 6.45) is -0.984. The zero-order valence-corrected chi connectivity index (χ0v) is 21.9. The summed E-state index contributed by atoms with van der Waals surface area (Å²) in [5.74, 6) is -3.10. The molecule has 0 saturated carbocycles. The van der Waals surface area contributed by atoms with Crippen LogP contribution in [0.1, 0.15) is 41.4 Å². The monoisotopic (exact) mass is 578 g/mol. The van der Waals surface area contributed by atoms with E-state index in [0.29, 0.717) is 22.3 Å². The van der Waals surface area contributed by atoms with Gasteiger partial charge in [0, 0.05) is 28.7 Å². The van der Waals surface area contributed by atoms with Crippen LogP contribution in [0.25, 0.3) is 11.3 Å². The minimum absolute atomic E-state index is 0.00685. The van der Waals surface area contributed by atoms with Crippen molar-refractivity contribution in [1.82, 2.24) is 9.97 Å². The first-order valence-corrected chi connectivity index (χ1v) is 13.0. The van der Waals surface area contributed by atoms with Gasteiger partial charge in [0.05, 0.1) is 39.7 Å². The number of nitrogens with two attached hydrogens (primary N) is 1. The van der Waals surface area contributed by atoms with Gasteiger partial charge in [0.2, 0.25) is 0 Å². The molecular weight excluding hydrogens is 559 g/mol. The molecule has 14 heteroatoms. The van der Waals surface area contributed by atoms with E-state index in [9.17, 15) is 34.2 Å². The van der Waals surface area contributed by atoms with Crippen LogP contribution in [-0.2, 0) is 15.0 Å². The maximum absolute atomic E-state index is 13.0. The molecule has 0 saturated heterocycles. The molecular formula is C24H20Cl2N4O7S. The predicted octanol–water partition coefficient (Wildman–Crippen LogP) is 3.39. The van der Waals surface area contributed by atoms with Crippen molar-refractivity contribution >= 4 is 62.5 Å². The second kappa shape index (κ2) is 10.2. The summed E-state index contributed by atoms with van der Waals surface area (Å²) in [6.45, 7) is 1.56. The van der Waals surface area contributed by atoms with E-state index in [1.54, 1.807) is 19.1 Å². The molecule has 2 atom stereocenters. The number of ketones is 1. The van der Waals surface area contributed by atoms with Crippen LogP contribution in [-0.4, -0.2) is 43.9 Å². The van der Waals surface area contributed by atoms with Crippen molar-refractivity contribution in [2.75, 3.05) is 10.0 Å². The second-order valence-electron chi connectivity index (χ2n) is 8.87. The Labute approximate surface area is 228 Å². The number of aromatic nitrogens is 2. The average molecular weight is 579 g/mol. The number of carbonyl (C=O) groups excluding carboxylic acids is 1. The molecule has 198 valence electrons. The maximum atomic E-state index is 13.0. The third-order valence-corrected chi connectivity index (χ3v) is 7.81. The molecule has 3 aromatic rings. The molecule has 4 rings (SSSR count). The van der Waals surface area contributed by atoms with E-state index in [1.807, 2.05) is 0 Å². The van der Waals surface area contributed by atoms with Gasteiger partial charge < -0.3 is 25.9 Å². The van der Waals surface area contributed by atoms with Gasteiger partial charge in [0.25, 0.3) is 0 Å². The van der Waals surface area contributed by atoms with E-state index in [4.69, 9.17) is 28.0 Å². The van der Waals surface area contributed by atoms with Crippen molar-refractivity contribution in [3.8, 4) is 11.3 Å². The zero-order valence-electron chi connectivity index (χ0n) is 19.6. The Morgan fingerprint density at radius 2 is 1.79 bits per heavy atom. The predicted molar refractivity (Wildman–Crippen MR) is 144 cm³/mol. The van der Waals surface area contributed by atoms with E-state index in [-0.39, 0.29) is 33.3 Å². The lowest BCUT2D eigenvalue weighted by molar-refractivity contribution is -0.139. The van der Waals surface area contributed by atoms with Gasteiger partial charge >= 0.3 is 23.1 Å². The summed E-state index contributed by atoms with van der Waals surface area (Å²) in [4.78, 5) is 66.1. The fraction of sp³-hybridized carbons (Fsp3) is 0.208. The Hall–Kier alpha value is -3.74. The number of carboxylic acid groups (broad SMARTS) is 2. The number of aromatic amines is 2. The fourth-order valence-electron chi connectivity index (χ4n) is 4.66. The average Bonchev–Trinajstić information content (AvgIpc) is 3.05. The summed E-state index contributed by atoms with van der Waals surface area (Å²) in [6, 6.07) is 7.61. The highest BCUT2D eigenvalue weighted by atomic mass is 35.7. The van der Waals surface area contributed by atoms with Crippen LogP contribution in [0.5, 0.6) is 0 Å². The lowest BCUT2D eigenvalue weighted by Gasteiger charge is -2.30. The van der Waals surface area contributed by atoms with Crippen molar-refractivity contribution in [2.45, 2.75) is 31.2 Å². The molecule has 0 aliphatic heterocycles. The van der Waals surface area contributed by atoms with E-state index in [1.165, 1.54) is 24.3 Å². The van der Waals surface area contributed by atoms with Crippen LogP contribution in [0, 0.1) is 0 Å². The number of carboxylic acids is 2. The Morgan fingerprint density at radius 3 is 2.39 bits per heavy atom. The number of aliphatic carboxylic acids is 2. The largest absolute Gasteiger partial charge is 0.481 e. The number of hydrogen-bond acceptors (Lipinski definition) is 8. The van der Waals surface area contributed by atoms with Crippen LogP contribution in [0.15, 0.2) is 46.0 Å². The summed E-state index contributed by atoms with van der Waals surface area (Å²) in [7, 11) is 6.11. The molecule has 0 bridgehead atoms. The first kappa shape index (κ1) is 27.3. The number of halogens is 2. The topological polar surface area (TPSA) is 187 Å². The van der Waals surface area contributed by atoms with Gasteiger partial charge in [-0.1, -0.05) is 23.7 Å². The molecule has 38 heavy (non-hydrogen) atoms. The van der Waals surface area contributed by atoms with Crippen LogP contribution in [0.3, 0.4) is 0 Å². The van der Waals surface area contributed by atoms with E-state index < -0.39 is 53.1 Å². The third kappa shape index (κ3) is 4.66. The van der Waals surface area contributed by atoms with Crippen molar-refractivity contribution in [3.05, 3.63) is 78.9 Å².